The molecule has 5 aromatic carbocycles. The van der Waals surface area contributed by atoms with E-state index in [-0.39, 0.29) is 67.5 Å². The summed E-state index contributed by atoms with van der Waals surface area (Å²) in [5, 5.41) is 10.8. The van der Waals surface area contributed by atoms with Crippen molar-refractivity contribution in [3.8, 4) is 34.3 Å². The van der Waals surface area contributed by atoms with Crippen LogP contribution in [0, 0.1) is 25.0 Å². The number of para-hydroxylation sites is 2. The van der Waals surface area contributed by atoms with E-state index < -0.39 is 19.1 Å². The lowest BCUT2D eigenvalue weighted by Crippen LogP contribution is -2.10. The quantitative estimate of drug-likeness (QED) is 0.181. The summed E-state index contributed by atoms with van der Waals surface area (Å²) in [5.74, 6) is 0.921. The van der Waals surface area contributed by atoms with Crippen LogP contribution in [0.15, 0.2) is 87.7 Å². The van der Waals surface area contributed by atoms with E-state index in [1.807, 2.05) is 63.2 Å². The predicted molar refractivity (Wildman–Crippen MR) is 208 cm³/mol. The van der Waals surface area contributed by atoms with E-state index in [1.165, 1.54) is 0 Å². The summed E-state index contributed by atoms with van der Waals surface area (Å²) in [6, 6.07) is 27.8. The van der Waals surface area contributed by atoms with Crippen LogP contribution in [0.4, 0.5) is 0 Å². The van der Waals surface area contributed by atoms with Gasteiger partial charge in [0.25, 0.3) is 0 Å². The van der Waals surface area contributed by atoms with Gasteiger partial charge in [0.05, 0.1) is 27.7 Å². The molecule has 0 fully saturated rings. The zero-order valence-corrected chi connectivity index (χ0v) is 29.8. The second-order valence-corrected chi connectivity index (χ2v) is 14.9. The van der Waals surface area contributed by atoms with Crippen LogP contribution in [0.1, 0.15) is 102 Å². The third-order valence-electron chi connectivity index (χ3n) is 9.71. The number of nitrogens with zero attached hydrogens (tertiary/aromatic N) is 4. The van der Waals surface area contributed by atoms with E-state index in [0.29, 0.717) is 16.9 Å². The second-order valence-electron chi connectivity index (χ2n) is 14.9. The fourth-order valence-electron chi connectivity index (χ4n) is 7.14. The average Bonchev–Trinajstić information content (AvgIpc) is 3.86. The van der Waals surface area contributed by atoms with Gasteiger partial charge < -0.3 is 8.83 Å². The van der Waals surface area contributed by atoms with Crippen molar-refractivity contribution in [2.45, 2.75) is 79.4 Å². The van der Waals surface area contributed by atoms with Crippen molar-refractivity contribution in [1.29, 1.82) is 5.26 Å². The molecule has 0 N–H and O–H groups in total. The molecule has 6 nitrogen and oxygen atoms in total. The predicted octanol–water partition coefficient (Wildman–Crippen LogP) is 12.4. The monoisotopic (exact) mass is 676 g/mol. The molecule has 3 aromatic heterocycles. The normalized spacial score (nSPS) is 14.6. The molecule has 0 aliphatic rings. The van der Waals surface area contributed by atoms with Crippen molar-refractivity contribution in [3.05, 3.63) is 113 Å². The van der Waals surface area contributed by atoms with Gasteiger partial charge >= 0.3 is 0 Å². The molecule has 0 aliphatic heterocycles. The van der Waals surface area contributed by atoms with E-state index in [2.05, 4.69) is 62.6 Å². The average molecular weight is 677 g/mol. The Labute approximate surface area is 306 Å². The second kappa shape index (κ2) is 11.7. The highest BCUT2D eigenvalue weighted by Gasteiger charge is 2.30. The lowest BCUT2D eigenvalue weighted by Gasteiger charge is -2.24. The maximum absolute atomic E-state index is 10.5. The SMILES string of the molecule is [2H]C([2H])([2H])c1c(C#N)c2oc(C(C)(C)C)nc2c2c1oc1c(-c3nc4ccccc4n3-c3c(C(C)C)cc(-c4ccccc4)cc3C(C)C)ccc(C([2H])([2H])[2H])c12. The smallest absolute Gasteiger partial charge is 0.200 e. The Balaban J connectivity index is 1.58. The van der Waals surface area contributed by atoms with Crippen molar-refractivity contribution in [1.82, 2.24) is 14.5 Å². The topological polar surface area (TPSA) is 80.8 Å². The Morgan fingerprint density at radius 3 is 2.12 bits per heavy atom. The minimum atomic E-state index is -2.84. The lowest BCUT2D eigenvalue weighted by molar-refractivity contribution is 0.410. The van der Waals surface area contributed by atoms with Gasteiger partial charge in [-0.1, -0.05) is 97.0 Å². The van der Waals surface area contributed by atoms with E-state index in [9.17, 15) is 5.26 Å². The van der Waals surface area contributed by atoms with Crippen LogP contribution in [-0.2, 0) is 5.41 Å². The van der Waals surface area contributed by atoms with Gasteiger partial charge in [0, 0.05) is 24.6 Å². The molecule has 8 rings (SSSR count). The van der Waals surface area contributed by atoms with E-state index in [4.69, 9.17) is 27.0 Å². The van der Waals surface area contributed by atoms with Crippen LogP contribution < -0.4 is 0 Å². The van der Waals surface area contributed by atoms with Crippen LogP contribution >= 0.6 is 0 Å². The van der Waals surface area contributed by atoms with Gasteiger partial charge in [-0.15, -0.1) is 0 Å². The Morgan fingerprint density at radius 1 is 0.765 bits per heavy atom. The molecule has 0 saturated carbocycles. The summed E-state index contributed by atoms with van der Waals surface area (Å²) >= 11 is 0. The zero-order chi connectivity index (χ0) is 40.9. The fourth-order valence-corrected chi connectivity index (χ4v) is 7.14. The number of aromatic nitrogens is 3. The largest absolute Gasteiger partial charge is 0.455 e. The molecule has 0 unspecified atom stereocenters. The van der Waals surface area contributed by atoms with Gasteiger partial charge in [0.1, 0.15) is 34.1 Å². The summed E-state index contributed by atoms with van der Waals surface area (Å²) in [5.41, 5.74) is 6.16. The third kappa shape index (κ3) is 4.98. The number of aryl methyl sites for hydroxylation is 2. The molecule has 3 heterocycles. The number of nitriles is 1. The van der Waals surface area contributed by atoms with Gasteiger partial charge in [-0.25, -0.2) is 9.97 Å². The molecule has 0 amide bonds. The van der Waals surface area contributed by atoms with Crippen LogP contribution in [0.25, 0.3) is 72.3 Å². The molecule has 254 valence electrons. The Hall–Kier alpha value is -5.67. The van der Waals surface area contributed by atoms with Gasteiger partial charge in [0.15, 0.2) is 5.58 Å². The maximum Gasteiger partial charge on any atom is 0.200 e. The molecular weight excluding hydrogens is 629 g/mol. The lowest BCUT2D eigenvalue weighted by atomic mass is 9.88. The van der Waals surface area contributed by atoms with E-state index in [1.54, 1.807) is 12.1 Å². The highest BCUT2D eigenvalue weighted by molar-refractivity contribution is 6.21. The third-order valence-corrected chi connectivity index (χ3v) is 9.71. The van der Waals surface area contributed by atoms with Crippen molar-refractivity contribution >= 4 is 44.1 Å². The number of furan rings is 1. The number of hydrogen-bond acceptors (Lipinski definition) is 5. The van der Waals surface area contributed by atoms with E-state index in [0.717, 1.165) is 33.5 Å². The highest BCUT2D eigenvalue weighted by Crippen LogP contribution is 2.46. The minimum absolute atomic E-state index is 0.0282. The number of imidazole rings is 1. The number of hydrogen-bond donors (Lipinski definition) is 0. The van der Waals surface area contributed by atoms with Gasteiger partial charge in [-0.3, -0.25) is 4.57 Å². The molecule has 51 heavy (non-hydrogen) atoms. The van der Waals surface area contributed by atoms with Crippen molar-refractivity contribution in [2.75, 3.05) is 0 Å². The van der Waals surface area contributed by atoms with Gasteiger partial charge in [0.2, 0.25) is 5.89 Å². The highest BCUT2D eigenvalue weighted by atomic mass is 16.4. The van der Waals surface area contributed by atoms with Crippen LogP contribution in [-0.4, -0.2) is 14.5 Å². The molecule has 0 atom stereocenters. The fraction of sp³-hybridized carbons (Fsp3) is 0.267. The van der Waals surface area contributed by atoms with Crippen LogP contribution in [0.5, 0.6) is 0 Å². The first-order valence-corrected chi connectivity index (χ1v) is 17.3. The first kappa shape index (κ1) is 26.2. The summed E-state index contributed by atoms with van der Waals surface area (Å²) in [4.78, 5) is 10.0. The van der Waals surface area contributed by atoms with Crippen LogP contribution in [0.2, 0.25) is 0 Å². The van der Waals surface area contributed by atoms with Gasteiger partial charge in [-0.2, -0.15) is 5.26 Å². The molecule has 8 aromatic rings. The van der Waals surface area contributed by atoms with Crippen LogP contribution in [0.3, 0.4) is 0 Å². The minimum Gasteiger partial charge on any atom is -0.455 e. The first-order chi connectivity index (χ1) is 26.8. The summed E-state index contributed by atoms with van der Waals surface area (Å²) in [6.45, 7) is 8.83. The Kier molecular flexibility index (Phi) is 6.01. The molecular formula is C45H42N4O2. The van der Waals surface area contributed by atoms with Crippen molar-refractivity contribution < 1.29 is 17.1 Å². The molecule has 0 aliphatic carbocycles. The van der Waals surface area contributed by atoms with Crippen molar-refractivity contribution in [3.63, 3.8) is 0 Å². The number of fused-ring (bicyclic) bond motifs is 6. The molecule has 0 spiro atoms. The summed E-state index contributed by atoms with van der Waals surface area (Å²) in [7, 11) is 0. The van der Waals surface area contributed by atoms with Gasteiger partial charge in [-0.05, 0) is 83.7 Å². The Bertz CT molecular complexity index is 2900. The molecule has 6 heteroatoms. The number of benzene rings is 5. The molecule has 0 radical (unpaired) electrons. The van der Waals surface area contributed by atoms with E-state index >= 15 is 0 Å². The molecule has 0 bridgehead atoms. The number of rotatable bonds is 5. The number of oxazole rings is 1. The summed E-state index contributed by atoms with van der Waals surface area (Å²) < 4.78 is 67.0. The standard InChI is InChI=1S/C45H42N4O2/c1-24(2)31-21-29(28-15-11-10-12-16-28)22-32(25(3)4)39(31)49-35-18-14-13-17-34(35)47-43(49)30-20-19-26(5)36-37-38-42(51-44(48-38)45(7,8)9)33(23-46)27(6)40(37)50-41(30)36/h10-22,24-25H,1-9H3/i5D3,6D3. The maximum atomic E-state index is 10.5. The summed E-state index contributed by atoms with van der Waals surface area (Å²) in [6.07, 6.45) is 0. The first-order valence-electron chi connectivity index (χ1n) is 20.3. The molecule has 0 saturated heterocycles. The van der Waals surface area contributed by atoms with Crippen molar-refractivity contribution in [2.24, 2.45) is 0 Å². The Morgan fingerprint density at radius 2 is 1.47 bits per heavy atom. The zero-order valence-electron chi connectivity index (χ0n) is 35.8.